The molecule has 31 heavy (non-hydrogen) atoms. The minimum absolute atomic E-state index is 0.115. The molecule has 0 aromatic rings. The van der Waals surface area contributed by atoms with Crippen molar-refractivity contribution in [2.24, 2.45) is 46.3 Å². The molecule has 0 aromatic heterocycles. The molecule has 0 aliphatic heterocycles. The molecule has 0 aromatic carbocycles. The minimum Gasteiger partial charge on any atom is -0.393 e. The SMILES string of the molecule is C/C=C(/C[C@H](O)[C@@H](C)[C@H]1CC[C@H]2[C@@H]3CC=C4C[C@@H](O)CC[C@]4(C)[C@H]3CC[C@]12C)C(C)C. The first-order chi connectivity index (χ1) is 14.6. The highest BCUT2D eigenvalue weighted by Gasteiger charge is 2.59. The van der Waals surface area contributed by atoms with Crippen molar-refractivity contribution in [3.05, 3.63) is 23.3 Å². The van der Waals surface area contributed by atoms with Gasteiger partial charge < -0.3 is 10.2 Å². The van der Waals surface area contributed by atoms with Crippen LogP contribution in [0, 0.1) is 46.3 Å². The molecule has 0 unspecified atom stereocenters. The van der Waals surface area contributed by atoms with Gasteiger partial charge >= 0.3 is 0 Å². The van der Waals surface area contributed by atoms with E-state index in [1.54, 1.807) is 5.57 Å². The minimum atomic E-state index is -0.220. The Morgan fingerprint density at radius 3 is 2.52 bits per heavy atom. The third kappa shape index (κ3) is 3.88. The fourth-order valence-corrected chi connectivity index (χ4v) is 8.93. The molecule has 3 saturated carbocycles. The van der Waals surface area contributed by atoms with E-state index < -0.39 is 0 Å². The second kappa shape index (κ2) is 8.64. The Balaban J connectivity index is 1.52. The maximum Gasteiger partial charge on any atom is 0.0605 e. The largest absolute Gasteiger partial charge is 0.393 e. The van der Waals surface area contributed by atoms with E-state index in [0.29, 0.717) is 28.6 Å². The zero-order chi connectivity index (χ0) is 22.6. The van der Waals surface area contributed by atoms with Crippen molar-refractivity contribution in [1.82, 2.24) is 0 Å². The molecular formula is C29H48O2. The van der Waals surface area contributed by atoms with E-state index in [2.05, 4.69) is 53.7 Å². The van der Waals surface area contributed by atoms with E-state index in [-0.39, 0.29) is 12.2 Å². The molecule has 4 rings (SSSR count). The van der Waals surface area contributed by atoms with Crippen molar-refractivity contribution in [2.45, 2.75) is 112 Å². The molecule has 2 heteroatoms. The van der Waals surface area contributed by atoms with Crippen molar-refractivity contribution in [3.8, 4) is 0 Å². The predicted octanol–water partition coefficient (Wildman–Crippen LogP) is 6.92. The first kappa shape index (κ1) is 23.6. The van der Waals surface area contributed by atoms with E-state index >= 15 is 0 Å². The van der Waals surface area contributed by atoms with Crippen LogP contribution < -0.4 is 0 Å². The lowest BCUT2D eigenvalue weighted by atomic mass is 9.47. The standard InChI is InChI=1S/C29H48O2/c1-7-20(18(2)3)16-27(31)19(4)24-10-11-25-23-9-8-21-17-22(30)12-14-28(21,5)26(23)13-15-29(24,25)6/h7-8,18-19,22-27,30-31H,9-17H2,1-6H3/b20-7-/t19-,22-,23-,24+,25-,26-,27-,28-,29+/m0/s1. The normalized spacial score (nSPS) is 44.9. The summed E-state index contributed by atoms with van der Waals surface area (Å²) in [5.41, 5.74) is 3.68. The van der Waals surface area contributed by atoms with Crippen LogP contribution in [0.25, 0.3) is 0 Å². The molecule has 4 aliphatic rings. The van der Waals surface area contributed by atoms with Gasteiger partial charge in [0.2, 0.25) is 0 Å². The quantitative estimate of drug-likeness (QED) is 0.467. The summed E-state index contributed by atoms with van der Waals surface area (Å²) in [4.78, 5) is 0. The third-order valence-electron chi connectivity index (χ3n) is 11.0. The molecule has 0 saturated heterocycles. The zero-order valence-electron chi connectivity index (χ0n) is 21.0. The number of hydrogen-bond donors (Lipinski definition) is 2. The highest BCUT2D eigenvalue weighted by Crippen LogP contribution is 2.67. The van der Waals surface area contributed by atoms with Gasteiger partial charge in [-0.2, -0.15) is 0 Å². The van der Waals surface area contributed by atoms with Crippen molar-refractivity contribution >= 4 is 0 Å². The van der Waals surface area contributed by atoms with E-state index in [1.807, 2.05) is 0 Å². The van der Waals surface area contributed by atoms with Gasteiger partial charge in [0, 0.05) is 0 Å². The van der Waals surface area contributed by atoms with E-state index in [9.17, 15) is 10.2 Å². The molecule has 0 radical (unpaired) electrons. The van der Waals surface area contributed by atoms with Crippen LogP contribution in [-0.2, 0) is 0 Å². The van der Waals surface area contributed by atoms with Gasteiger partial charge in [-0.3, -0.25) is 0 Å². The first-order valence-electron chi connectivity index (χ1n) is 13.3. The van der Waals surface area contributed by atoms with Gasteiger partial charge in [0.05, 0.1) is 12.2 Å². The number of allylic oxidation sites excluding steroid dienone is 2. The molecule has 2 N–H and O–H groups in total. The van der Waals surface area contributed by atoms with Crippen LogP contribution in [0.3, 0.4) is 0 Å². The maximum atomic E-state index is 11.2. The number of aliphatic hydroxyl groups is 2. The second-order valence-electron chi connectivity index (χ2n) is 12.5. The summed E-state index contributed by atoms with van der Waals surface area (Å²) in [5.74, 6) is 3.94. The molecule has 176 valence electrons. The van der Waals surface area contributed by atoms with Gasteiger partial charge in [-0.15, -0.1) is 0 Å². The maximum absolute atomic E-state index is 11.2. The van der Waals surface area contributed by atoms with Gasteiger partial charge in [0.25, 0.3) is 0 Å². The van der Waals surface area contributed by atoms with Gasteiger partial charge in [0.15, 0.2) is 0 Å². The molecular weight excluding hydrogens is 380 g/mol. The van der Waals surface area contributed by atoms with E-state index in [0.717, 1.165) is 37.0 Å². The summed E-state index contributed by atoms with van der Waals surface area (Å²) in [5, 5.41) is 21.5. The fraction of sp³-hybridized carbons (Fsp3) is 0.862. The van der Waals surface area contributed by atoms with E-state index in [4.69, 9.17) is 0 Å². The van der Waals surface area contributed by atoms with Gasteiger partial charge in [0.1, 0.15) is 0 Å². The van der Waals surface area contributed by atoms with Crippen LogP contribution in [0.1, 0.15) is 99.3 Å². The Bertz CT molecular complexity index is 720. The highest BCUT2D eigenvalue weighted by atomic mass is 16.3. The monoisotopic (exact) mass is 428 g/mol. The van der Waals surface area contributed by atoms with Crippen LogP contribution >= 0.6 is 0 Å². The molecule has 0 spiro atoms. The summed E-state index contributed by atoms with van der Waals surface area (Å²) in [6.45, 7) is 14.1. The Labute approximate surface area is 191 Å². The summed E-state index contributed by atoms with van der Waals surface area (Å²) in [7, 11) is 0. The topological polar surface area (TPSA) is 40.5 Å². The van der Waals surface area contributed by atoms with Crippen molar-refractivity contribution in [3.63, 3.8) is 0 Å². The molecule has 0 amide bonds. The molecule has 0 heterocycles. The summed E-state index contributed by atoms with van der Waals surface area (Å²) < 4.78 is 0. The van der Waals surface area contributed by atoms with Crippen LogP contribution in [0.2, 0.25) is 0 Å². The smallest absolute Gasteiger partial charge is 0.0605 e. The van der Waals surface area contributed by atoms with Crippen LogP contribution in [0.4, 0.5) is 0 Å². The van der Waals surface area contributed by atoms with Crippen molar-refractivity contribution in [2.75, 3.05) is 0 Å². The van der Waals surface area contributed by atoms with Crippen molar-refractivity contribution < 1.29 is 10.2 Å². The molecule has 0 bridgehead atoms. The average molecular weight is 429 g/mol. The number of rotatable bonds is 5. The average Bonchev–Trinajstić information content (AvgIpc) is 3.08. The van der Waals surface area contributed by atoms with Crippen molar-refractivity contribution in [1.29, 1.82) is 0 Å². The van der Waals surface area contributed by atoms with Gasteiger partial charge in [-0.05, 0) is 111 Å². The van der Waals surface area contributed by atoms with Crippen LogP contribution in [-0.4, -0.2) is 22.4 Å². The first-order valence-corrected chi connectivity index (χ1v) is 13.3. The van der Waals surface area contributed by atoms with Crippen LogP contribution in [0.15, 0.2) is 23.3 Å². The van der Waals surface area contributed by atoms with Gasteiger partial charge in [-0.1, -0.05) is 57.9 Å². The zero-order valence-corrected chi connectivity index (χ0v) is 21.0. The highest BCUT2D eigenvalue weighted by molar-refractivity contribution is 5.25. The lowest BCUT2D eigenvalue weighted by Gasteiger charge is -2.58. The lowest BCUT2D eigenvalue weighted by Crippen LogP contribution is -2.51. The molecule has 9 atom stereocenters. The Kier molecular flexibility index (Phi) is 6.56. The summed E-state index contributed by atoms with van der Waals surface area (Å²) >= 11 is 0. The Morgan fingerprint density at radius 2 is 1.84 bits per heavy atom. The third-order valence-corrected chi connectivity index (χ3v) is 11.0. The number of hydrogen-bond acceptors (Lipinski definition) is 2. The molecule has 4 aliphatic carbocycles. The Morgan fingerprint density at radius 1 is 1.10 bits per heavy atom. The van der Waals surface area contributed by atoms with E-state index in [1.165, 1.54) is 44.1 Å². The fourth-order valence-electron chi connectivity index (χ4n) is 8.93. The van der Waals surface area contributed by atoms with Crippen LogP contribution in [0.5, 0.6) is 0 Å². The lowest BCUT2D eigenvalue weighted by molar-refractivity contribution is -0.0672. The van der Waals surface area contributed by atoms with Gasteiger partial charge in [-0.25, -0.2) is 0 Å². The summed E-state index contributed by atoms with van der Waals surface area (Å²) in [6.07, 6.45) is 14.9. The number of aliphatic hydroxyl groups excluding tert-OH is 2. The predicted molar refractivity (Wildman–Crippen MR) is 130 cm³/mol. The Hall–Kier alpha value is -0.600. The second-order valence-corrected chi connectivity index (χ2v) is 12.5. The molecule has 3 fully saturated rings. The molecule has 2 nitrogen and oxygen atoms in total. The summed E-state index contributed by atoms with van der Waals surface area (Å²) in [6, 6.07) is 0. The number of fused-ring (bicyclic) bond motifs is 5.